The van der Waals surface area contributed by atoms with Gasteiger partial charge in [0.25, 0.3) is 5.91 Å². The fraction of sp³-hybridized carbons (Fsp3) is 0.571. The molecule has 1 aromatic rings. The Kier molecular flexibility index (Phi) is 6.08. The molecule has 9 nitrogen and oxygen atoms in total. The quantitative estimate of drug-likeness (QED) is 0.709. The number of piperazine rings is 1. The van der Waals surface area contributed by atoms with Crippen LogP contribution in [0.2, 0.25) is 0 Å². The van der Waals surface area contributed by atoms with Crippen molar-refractivity contribution in [2.75, 3.05) is 64.4 Å². The van der Waals surface area contributed by atoms with E-state index in [-0.39, 0.29) is 30.5 Å². The summed E-state index contributed by atoms with van der Waals surface area (Å²) in [6.45, 7) is 3.66. The summed E-state index contributed by atoms with van der Waals surface area (Å²) in [5.41, 5.74) is 0.709. The van der Waals surface area contributed by atoms with Crippen molar-refractivity contribution in [2.24, 2.45) is 0 Å². The normalized spacial score (nSPS) is 22.0. The number of urea groups is 1. The Balaban J connectivity index is 1.29. The molecule has 0 aromatic heterocycles. The molecular weight excluding hydrogens is 388 g/mol. The number of hydrogen-bond acceptors (Lipinski definition) is 5. The van der Waals surface area contributed by atoms with Crippen LogP contribution in [-0.4, -0.2) is 98.2 Å². The van der Waals surface area contributed by atoms with Gasteiger partial charge in [-0.15, -0.1) is 0 Å². The molecule has 1 aromatic carbocycles. The maximum atomic E-state index is 12.8. The summed E-state index contributed by atoms with van der Waals surface area (Å²) in [5, 5.41) is 0. The van der Waals surface area contributed by atoms with Crippen LogP contribution in [0.5, 0.6) is 5.75 Å². The van der Waals surface area contributed by atoms with Crippen LogP contribution in [0.3, 0.4) is 0 Å². The van der Waals surface area contributed by atoms with Crippen LogP contribution in [0.4, 0.5) is 10.5 Å². The third-order valence-corrected chi connectivity index (χ3v) is 5.95. The molecule has 0 saturated carbocycles. The zero-order valence-electron chi connectivity index (χ0n) is 17.3. The maximum Gasteiger partial charge on any atom is 0.325 e. The van der Waals surface area contributed by atoms with E-state index in [9.17, 15) is 14.4 Å². The lowest BCUT2D eigenvalue weighted by atomic mass is 10.2. The van der Waals surface area contributed by atoms with Gasteiger partial charge in [0.05, 0.1) is 12.8 Å². The number of benzene rings is 1. The number of rotatable bonds is 5. The van der Waals surface area contributed by atoms with Crippen molar-refractivity contribution in [3.63, 3.8) is 0 Å². The number of amides is 4. The second-order valence-electron chi connectivity index (χ2n) is 7.74. The fourth-order valence-electron chi connectivity index (χ4n) is 4.22. The molecule has 30 heavy (non-hydrogen) atoms. The molecule has 0 radical (unpaired) electrons. The molecule has 9 heteroatoms. The Morgan fingerprint density at radius 2 is 1.80 bits per heavy atom. The second kappa shape index (κ2) is 8.91. The Morgan fingerprint density at radius 1 is 1.07 bits per heavy atom. The lowest BCUT2D eigenvalue weighted by Crippen LogP contribution is -2.54. The van der Waals surface area contributed by atoms with Gasteiger partial charge in [-0.25, -0.2) is 4.79 Å². The standard InChI is InChI=1S/C21H28N4O5/c1-29-17-6-3-2-5-16(17)25-13-12-24(21(25)28)15-19(26)22-8-10-23(11-9-22)20(27)18-7-4-14-30-18/h2-3,5-6,18H,4,7-15H2,1H3. The molecule has 0 N–H and O–H groups in total. The van der Waals surface area contributed by atoms with Crippen molar-refractivity contribution < 1.29 is 23.9 Å². The summed E-state index contributed by atoms with van der Waals surface area (Å²) in [6.07, 6.45) is 1.37. The van der Waals surface area contributed by atoms with Crippen LogP contribution in [0.1, 0.15) is 12.8 Å². The highest BCUT2D eigenvalue weighted by molar-refractivity contribution is 5.97. The molecule has 1 atom stereocenters. The number of ether oxygens (including phenoxy) is 2. The number of anilines is 1. The van der Waals surface area contributed by atoms with Crippen LogP contribution in [-0.2, 0) is 14.3 Å². The molecule has 3 fully saturated rings. The van der Waals surface area contributed by atoms with Gasteiger partial charge in [-0.1, -0.05) is 12.1 Å². The number of para-hydroxylation sites is 2. The van der Waals surface area contributed by atoms with E-state index in [2.05, 4.69) is 0 Å². The first-order valence-corrected chi connectivity index (χ1v) is 10.5. The minimum atomic E-state index is -0.324. The van der Waals surface area contributed by atoms with E-state index < -0.39 is 0 Å². The summed E-state index contributed by atoms with van der Waals surface area (Å²) < 4.78 is 10.8. The Hall–Kier alpha value is -2.81. The van der Waals surface area contributed by atoms with Gasteiger partial charge < -0.3 is 24.2 Å². The van der Waals surface area contributed by atoms with Gasteiger partial charge >= 0.3 is 6.03 Å². The topological polar surface area (TPSA) is 82.6 Å². The van der Waals surface area contributed by atoms with Gasteiger partial charge in [-0.2, -0.15) is 0 Å². The third kappa shape index (κ3) is 4.07. The average Bonchev–Trinajstić information content (AvgIpc) is 3.44. The van der Waals surface area contributed by atoms with Gasteiger partial charge in [-0.05, 0) is 25.0 Å². The molecule has 0 aliphatic carbocycles. The fourth-order valence-corrected chi connectivity index (χ4v) is 4.22. The Bertz CT molecular complexity index is 802. The van der Waals surface area contributed by atoms with Crippen LogP contribution in [0.25, 0.3) is 0 Å². The molecule has 3 aliphatic rings. The zero-order chi connectivity index (χ0) is 21.1. The molecule has 4 amide bonds. The van der Waals surface area contributed by atoms with Crippen LogP contribution >= 0.6 is 0 Å². The van der Waals surface area contributed by atoms with Gasteiger partial charge in [0, 0.05) is 45.9 Å². The van der Waals surface area contributed by atoms with Gasteiger partial charge in [0.2, 0.25) is 5.91 Å². The summed E-state index contributed by atoms with van der Waals surface area (Å²) in [6, 6.07) is 7.17. The highest BCUT2D eigenvalue weighted by Crippen LogP contribution is 2.30. The van der Waals surface area contributed by atoms with Crippen molar-refractivity contribution in [2.45, 2.75) is 18.9 Å². The van der Waals surface area contributed by atoms with E-state index in [0.29, 0.717) is 57.3 Å². The highest BCUT2D eigenvalue weighted by atomic mass is 16.5. The molecule has 0 bridgehead atoms. The van der Waals surface area contributed by atoms with Gasteiger partial charge in [0.1, 0.15) is 18.4 Å². The number of carbonyl (C=O) groups excluding carboxylic acids is 3. The lowest BCUT2D eigenvalue weighted by Gasteiger charge is -2.36. The summed E-state index contributed by atoms with van der Waals surface area (Å²) in [7, 11) is 1.57. The highest BCUT2D eigenvalue weighted by Gasteiger charge is 2.35. The van der Waals surface area contributed by atoms with Gasteiger partial charge in [-0.3, -0.25) is 14.5 Å². The van der Waals surface area contributed by atoms with Crippen molar-refractivity contribution >= 4 is 23.5 Å². The van der Waals surface area contributed by atoms with E-state index >= 15 is 0 Å². The predicted octanol–water partition coefficient (Wildman–Crippen LogP) is 0.787. The van der Waals surface area contributed by atoms with Crippen LogP contribution < -0.4 is 9.64 Å². The van der Waals surface area contributed by atoms with E-state index in [4.69, 9.17) is 9.47 Å². The van der Waals surface area contributed by atoms with Crippen molar-refractivity contribution in [1.29, 1.82) is 0 Å². The van der Waals surface area contributed by atoms with Crippen LogP contribution in [0.15, 0.2) is 24.3 Å². The minimum absolute atomic E-state index is 0.0294. The molecule has 4 rings (SSSR count). The number of carbonyl (C=O) groups is 3. The number of hydrogen-bond donors (Lipinski definition) is 0. The Labute approximate surface area is 176 Å². The third-order valence-electron chi connectivity index (χ3n) is 5.95. The Morgan fingerprint density at radius 3 is 2.50 bits per heavy atom. The van der Waals surface area contributed by atoms with E-state index in [1.807, 2.05) is 24.3 Å². The predicted molar refractivity (Wildman–Crippen MR) is 109 cm³/mol. The first-order chi connectivity index (χ1) is 14.6. The lowest BCUT2D eigenvalue weighted by molar-refractivity contribution is -0.146. The smallest absolute Gasteiger partial charge is 0.325 e. The summed E-state index contributed by atoms with van der Waals surface area (Å²) in [4.78, 5) is 44.8. The monoisotopic (exact) mass is 416 g/mol. The molecule has 162 valence electrons. The zero-order valence-corrected chi connectivity index (χ0v) is 17.3. The van der Waals surface area contributed by atoms with E-state index in [1.54, 1.807) is 26.7 Å². The second-order valence-corrected chi connectivity index (χ2v) is 7.74. The first kappa shape index (κ1) is 20.5. The maximum absolute atomic E-state index is 12.8. The summed E-state index contributed by atoms with van der Waals surface area (Å²) in [5.74, 6) is 0.572. The van der Waals surface area contributed by atoms with Crippen molar-refractivity contribution in [1.82, 2.24) is 14.7 Å². The average molecular weight is 416 g/mol. The molecule has 3 heterocycles. The molecule has 0 spiro atoms. The van der Waals surface area contributed by atoms with E-state index in [0.717, 1.165) is 12.8 Å². The summed E-state index contributed by atoms with van der Waals surface area (Å²) >= 11 is 0. The molecule has 3 saturated heterocycles. The van der Waals surface area contributed by atoms with Gasteiger partial charge in [0.15, 0.2) is 0 Å². The largest absolute Gasteiger partial charge is 0.495 e. The first-order valence-electron chi connectivity index (χ1n) is 10.5. The van der Waals surface area contributed by atoms with Crippen molar-refractivity contribution in [3.05, 3.63) is 24.3 Å². The molecular formula is C21H28N4O5. The SMILES string of the molecule is COc1ccccc1N1CCN(CC(=O)N2CCN(C(=O)C3CCCO3)CC2)C1=O. The minimum Gasteiger partial charge on any atom is -0.495 e. The van der Waals surface area contributed by atoms with E-state index in [1.165, 1.54) is 0 Å². The molecule has 1 unspecified atom stereocenters. The van der Waals surface area contributed by atoms with Crippen molar-refractivity contribution in [3.8, 4) is 5.75 Å². The molecule has 3 aliphatic heterocycles. The number of nitrogens with zero attached hydrogens (tertiary/aromatic N) is 4. The van der Waals surface area contributed by atoms with Crippen LogP contribution in [0, 0.1) is 0 Å². The number of methoxy groups -OCH3 is 1.